The Labute approximate surface area is 112 Å². The predicted octanol–water partition coefficient (Wildman–Crippen LogP) is -1.45. The minimum absolute atomic E-state index is 0. The average Bonchev–Trinajstić information content (AvgIpc) is 1.85. The van der Waals surface area contributed by atoms with Crippen LogP contribution in [0.3, 0.4) is 0 Å². The van der Waals surface area contributed by atoms with E-state index in [0.29, 0.717) is 0 Å². The molecule has 0 saturated carbocycles. The first-order valence-corrected chi connectivity index (χ1v) is 3.07. The van der Waals surface area contributed by atoms with Crippen LogP contribution in [0.5, 0.6) is 0 Å². The molecule has 0 rings (SSSR count). The third kappa shape index (κ3) is 13.6. The molecule has 0 aromatic heterocycles. The number of rotatable bonds is 6. The zero-order valence-corrected chi connectivity index (χ0v) is 10.1. The summed E-state index contributed by atoms with van der Waals surface area (Å²) in [5.74, 6) is 0. The minimum atomic E-state index is -4.83. The van der Waals surface area contributed by atoms with Crippen molar-refractivity contribution in [3.05, 3.63) is 12.8 Å². The van der Waals surface area contributed by atoms with Crippen LogP contribution in [0.1, 0.15) is 0 Å². The SMILES string of the molecule is C=COCCOC[B-](F)(F)F.[K+]. The Morgan fingerprint density at radius 2 is 1.83 bits per heavy atom. The summed E-state index contributed by atoms with van der Waals surface area (Å²) in [6, 6.07) is 0. The summed E-state index contributed by atoms with van der Waals surface area (Å²) in [6.45, 7) is -2.74. The smallest absolute Gasteiger partial charge is 0.499 e. The first kappa shape index (κ1) is 15.5. The van der Waals surface area contributed by atoms with Gasteiger partial charge in [0.25, 0.3) is 0 Å². The van der Waals surface area contributed by atoms with Crippen molar-refractivity contribution in [2.24, 2.45) is 0 Å². The Balaban J connectivity index is 0. The zero-order valence-electron chi connectivity index (χ0n) is 6.93. The van der Waals surface area contributed by atoms with Gasteiger partial charge in [-0.25, -0.2) is 0 Å². The van der Waals surface area contributed by atoms with E-state index >= 15 is 0 Å². The third-order valence-electron chi connectivity index (χ3n) is 0.770. The van der Waals surface area contributed by atoms with Crippen molar-refractivity contribution >= 4 is 6.98 Å². The molecule has 0 aliphatic heterocycles. The minimum Gasteiger partial charge on any atom is -0.499 e. The molecule has 0 heterocycles. The predicted molar refractivity (Wildman–Crippen MR) is 36.0 cm³/mol. The standard InChI is InChI=1S/C5H9BF3O2.K/c1-2-10-3-4-11-5-6(7,8)9;/h2H,1,3-5H2;/q-1;+1. The van der Waals surface area contributed by atoms with E-state index in [1.54, 1.807) is 0 Å². The molecule has 0 aliphatic carbocycles. The van der Waals surface area contributed by atoms with Gasteiger partial charge < -0.3 is 22.4 Å². The zero-order chi connectivity index (χ0) is 8.74. The molecule has 0 fully saturated rings. The van der Waals surface area contributed by atoms with Crippen molar-refractivity contribution in [1.29, 1.82) is 0 Å². The van der Waals surface area contributed by atoms with E-state index in [0.717, 1.165) is 6.26 Å². The molecule has 0 atom stereocenters. The van der Waals surface area contributed by atoms with Crippen LogP contribution >= 0.6 is 0 Å². The summed E-state index contributed by atoms with van der Waals surface area (Å²) in [5.41, 5.74) is 0. The molecule has 0 aromatic carbocycles. The van der Waals surface area contributed by atoms with Gasteiger partial charge in [-0.1, -0.05) is 6.58 Å². The first-order valence-electron chi connectivity index (χ1n) is 3.07. The van der Waals surface area contributed by atoms with Gasteiger partial charge in [-0.2, -0.15) is 0 Å². The topological polar surface area (TPSA) is 18.5 Å². The first-order chi connectivity index (χ1) is 5.06. The molecule has 0 N–H and O–H groups in total. The maximum absolute atomic E-state index is 11.4. The van der Waals surface area contributed by atoms with Crippen LogP contribution in [-0.4, -0.2) is 26.7 Å². The van der Waals surface area contributed by atoms with Crippen LogP contribution in [0, 0.1) is 0 Å². The van der Waals surface area contributed by atoms with Crippen molar-refractivity contribution in [3.63, 3.8) is 0 Å². The second-order valence-corrected chi connectivity index (χ2v) is 1.82. The molecule has 2 nitrogen and oxygen atoms in total. The van der Waals surface area contributed by atoms with Crippen LogP contribution in [0.25, 0.3) is 0 Å². The van der Waals surface area contributed by atoms with Gasteiger partial charge in [0.2, 0.25) is 0 Å². The largest absolute Gasteiger partial charge is 1.00 e. The molecule has 0 amide bonds. The molecular weight excluding hydrogens is 199 g/mol. The molecular formula is C5H9BF3KO2. The van der Waals surface area contributed by atoms with Gasteiger partial charge in [0.1, 0.15) is 6.61 Å². The van der Waals surface area contributed by atoms with Crippen molar-refractivity contribution in [2.75, 3.05) is 19.7 Å². The molecule has 7 heteroatoms. The fourth-order valence-electron chi connectivity index (χ4n) is 0.407. The number of hydrogen-bond acceptors (Lipinski definition) is 2. The Morgan fingerprint density at radius 1 is 1.25 bits per heavy atom. The fraction of sp³-hybridized carbons (Fsp3) is 0.600. The normalized spacial score (nSPS) is 10.2. The molecule has 0 aliphatic rings. The van der Waals surface area contributed by atoms with Gasteiger partial charge >= 0.3 is 58.4 Å². The van der Waals surface area contributed by atoms with Gasteiger partial charge in [0, 0.05) is 6.51 Å². The van der Waals surface area contributed by atoms with Crippen molar-refractivity contribution in [1.82, 2.24) is 0 Å². The second kappa shape index (κ2) is 8.58. The maximum Gasteiger partial charge on any atom is 1.00 e. The monoisotopic (exact) mass is 208 g/mol. The summed E-state index contributed by atoms with van der Waals surface area (Å²) in [6.07, 6.45) is 1.15. The summed E-state index contributed by atoms with van der Waals surface area (Å²) in [4.78, 5) is 0. The fourth-order valence-corrected chi connectivity index (χ4v) is 0.407. The maximum atomic E-state index is 11.4. The Morgan fingerprint density at radius 3 is 2.25 bits per heavy atom. The number of halogens is 3. The molecule has 0 radical (unpaired) electrons. The van der Waals surface area contributed by atoms with Gasteiger partial charge in [-0.05, 0) is 0 Å². The van der Waals surface area contributed by atoms with E-state index < -0.39 is 13.5 Å². The van der Waals surface area contributed by atoms with E-state index in [-0.39, 0.29) is 64.6 Å². The molecule has 12 heavy (non-hydrogen) atoms. The van der Waals surface area contributed by atoms with Crippen molar-refractivity contribution < 1.29 is 73.8 Å². The Hall–Kier alpha value is 0.991. The van der Waals surface area contributed by atoms with Crippen molar-refractivity contribution in [3.8, 4) is 0 Å². The molecule has 0 saturated heterocycles. The third-order valence-corrected chi connectivity index (χ3v) is 0.770. The molecule has 0 bridgehead atoms. The number of ether oxygens (including phenoxy) is 2. The summed E-state index contributed by atoms with van der Waals surface area (Å²) in [7, 11) is 0. The Kier molecular flexibility index (Phi) is 11.1. The van der Waals surface area contributed by atoms with Crippen LogP contribution in [0.2, 0.25) is 0 Å². The summed E-state index contributed by atoms with van der Waals surface area (Å²) < 4.78 is 43.1. The van der Waals surface area contributed by atoms with Crippen LogP contribution in [0.15, 0.2) is 12.8 Å². The Bertz CT molecular complexity index is 120. The van der Waals surface area contributed by atoms with E-state index in [2.05, 4.69) is 16.1 Å². The quantitative estimate of drug-likeness (QED) is 0.302. The van der Waals surface area contributed by atoms with E-state index in [4.69, 9.17) is 0 Å². The molecule has 0 unspecified atom stereocenters. The summed E-state index contributed by atoms with van der Waals surface area (Å²) >= 11 is 0. The van der Waals surface area contributed by atoms with Gasteiger partial charge in [0.15, 0.2) is 0 Å². The van der Waals surface area contributed by atoms with Crippen LogP contribution < -0.4 is 51.4 Å². The van der Waals surface area contributed by atoms with Gasteiger partial charge in [0.05, 0.1) is 12.9 Å². The second-order valence-electron chi connectivity index (χ2n) is 1.82. The molecule has 0 spiro atoms. The average molecular weight is 208 g/mol. The molecule has 0 aromatic rings. The van der Waals surface area contributed by atoms with Crippen LogP contribution in [0.4, 0.5) is 12.9 Å². The van der Waals surface area contributed by atoms with Gasteiger partial charge in [-0.3, -0.25) is 0 Å². The van der Waals surface area contributed by atoms with E-state index in [1.807, 2.05) is 0 Å². The van der Waals surface area contributed by atoms with Gasteiger partial charge in [-0.15, -0.1) is 0 Å². The molecule has 66 valence electrons. The summed E-state index contributed by atoms with van der Waals surface area (Å²) in [5, 5.41) is 0. The van der Waals surface area contributed by atoms with Crippen LogP contribution in [-0.2, 0) is 9.47 Å². The van der Waals surface area contributed by atoms with E-state index in [9.17, 15) is 12.9 Å². The number of hydrogen-bond donors (Lipinski definition) is 0. The van der Waals surface area contributed by atoms with Crippen molar-refractivity contribution in [2.45, 2.75) is 0 Å². The van der Waals surface area contributed by atoms with E-state index in [1.165, 1.54) is 0 Å².